The van der Waals surface area contributed by atoms with Crippen molar-refractivity contribution in [2.75, 3.05) is 20.2 Å². The van der Waals surface area contributed by atoms with Gasteiger partial charge >= 0.3 is 5.97 Å². The molecule has 1 saturated carbocycles. The molecule has 2 fully saturated rings. The Labute approximate surface area is 150 Å². The van der Waals surface area contributed by atoms with Crippen LogP contribution in [0, 0.1) is 5.92 Å². The van der Waals surface area contributed by atoms with Crippen molar-refractivity contribution >= 4 is 5.97 Å². The van der Waals surface area contributed by atoms with Gasteiger partial charge in [0.2, 0.25) is 0 Å². The first-order valence-electron chi connectivity index (χ1n) is 9.62. The molecule has 1 N–H and O–H groups in total. The molecule has 1 aromatic rings. The second-order valence-corrected chi connectivity index (χ2v) is 7.60. The Hall–Kier alpha value is -1.81. The molecular weight excluding hydrogens is 312 g/mol. The van der Waals surface area contributed by atoms with E-state index in [0.29, 0.717) is 11.6 Å². The molecule has 25 heavy (non-hydrogen) atoms. The minimum atomic E-state index is -0.249. The van der Waals surface area contributed by atoms with Gasteiger partial charge in [0.1, 0.15) is 5.70 Å². The molecule has 4 nitrogen and oxygen atoms in total. The number of rotatable bonds is 3. The minimum absolute atomic E-state index is 0.0770. The summed E-state index contributed by atoms with van der Waals surface area (Å²) in [6, 6.07) is 10.8. The number of carbonyl (C=O) groups excluding carboxylic acids is 1. The van der Waals surface area contributed by atoms with E-state index in [4.69, 9.17) is 4.74 Å². The zero-order chi connectivity index (χ0) is 17.3. The summed E-state index contributed by atoms with van der Waals surface area (Å²) in [4.78, 5) is 15.0. The second kappa shape index (κ2) is 6.83. The Kier molecular flexibility index (Phi) is 4.55. The molecule has 1 aliphatic carbocycles. The fourth-order valence-corrected chi connectivity index (χ4v) is 5.29. The predicted octanol–water partition coefficient (Wildman–Crippen LogP) is 3.41. The molecule has 0 spiro atoms. The van der Waals surface area contributed by atoms with Gasteiger partial charge < -0.3 is 10.1 Å². The largest absolute Gasteiger partial charge is 0.464 e. The van der Waals surface area contributed by atoms with Gasteiger partial charge in [-0.05, 0) is 50.4 Å². The minimum Gasteiger partial charge on any atom is -0.464 e. The van der Waals surface area contributed by atoms with Gasteiger partial charge in [0.25, 0.3) is 0 Å². The van der Waals surface area contributed by atoms with Gasteiger partial charge in [-0.2, -0.15) is 0 Å². The van der Waals surface area contributed by atoms with Crippen molar-refractivity contribution in [3.05, 3.63) is 47.7 Å². The highest BCUT2D eigenvalue weighted by Gasteiger charge is 2.53. The molecule has 0 unspecified atom stereocenters. The van der Waals surface area contributed by atoms with Crippen LogP contribution in [-0.2, 0) is 9.53 Å². The first-order chi connectivity index (χ1) is 12.3. The lowest BCUT2D eigenvalue weighted by Gasteiger charge is -2.56. The normalized spacial score (nSPS) is 32.4. The molecule has 0 bridgehead atoms. The maximum absolute atomic E-state index is 12.3. The van der Waals surface area contributed by atoms with Crippen LogP contribution >= 0.6 is 0 Å². The number of ether oxygens (including phenoxy) is 1. The molecule has 1 aromatic carbocycles. The van der Waals surface area contributed by atoms with E-state index in [-0.39, 0.29) is 17.6 Å². The number of likely N-dealkylation sites (tertiary alicyclic amines) is 1. The van der Waals surface area contributed by atoms with Crippen LogP contribution in [-0.4, -0.2) is 36.6 Å². The van der Waals surface area contributed by atoms with E-state index in [1.54, 1.807) is 0 Å². The topological polar surface area (TPSA) is 41.6 Å². The quantitative estimate of drug-likeness (QED) is 0.856. The first-order valence-corrected chi connectivity index (χ1v) is 9.62. The number of fused-ring (bicyclic) bond motifs is 1. The van der Waals surface area contributed by atoms with Crippen molar-refractivity contribution < 1.29 is 9.53 Å². The summed E-state index contributed by atoms with van der Waals surface area (Å²) in [7, 11) is 1.46. The molecule has 3 atom stereocenters. The van der Waals surface area contributed by atoms with Crippen LogP contribution in [0.4, 0.5) is 0 Å². The maximum atomic E-state index is 12.3. The number of esters is 1. The molecule has 2 aliphatic heterocycles. The number of carbonyl (C=O) groups is 1. The van der Waals surface area contributed by atoms with Gasteiger partial charge in [-0.15, -0.1) is 0 Å². The monoisotopic (exact) mass is 340 g/mol. The zero-order valence-electron chi connectivity index (χ0n) is 15.0. The fraction of sp³-hybridized carbons (Fsp3) is 0.571. The standard InChI is InChI=1S/C21H28N2O2/c1-25-20(24)18-15-17-11-5-6-12-21(17,23-13-7-8-14-23)19(22-18)16-9-3-2-4-10-16/h2-4,9-10,15,17,19,22H,5-8,11-14H2,1H3/t17-,19+,21+/m1/s1. The van der Waals surface area contributed by atoms with Crippen molar-refractivity contribution in [1.82, 2.24) is 10.2 Å². The Balaban J connectivity index is 1.82. The molecule has 0 amide bonds. The van der Waals surface area contributed by atoms with E-state index in [1.165, 1.54) is 57.9 Å². The average molecular weight is 340 g/mol. The SMILES string of the molecule is COC(=O)C1=C[C@H]2CCCC[C@@]2(N2CCCC2)[C@H](c2ccccc2)N1. The number of benzene rings is 1. The summed E-state index contributed by atoms with van der Waals surface area (Å²) in [5, 5.41) is 3.58. The van der Waals surface area contributed by atoms with Gasteiger partial charge in [-0.3, -0.25) is 4.90 Å². The molecule has 4 heteroatoms. The van der Waals surface area contributed by atoms with Gasteiger partial charge in [-0.1, -0.05) is 43.2 Å². The van der Waals surface area contributed by atoms with Crippen LogP contribution in [0.15, 0.2) is 42.1 Å². The highest BCUT2D eigenvalue weighted by molar-refractivity contribution is 5.88. The lowest BCUT2D eigenvalue weighted by atomic mass is 9.64. The molecule has 0 aromatic heterocycles. The van der Waals surface area contributed by atoms with Crippen LogP contribution in [0.25, 0.3) is 0 Å². The molecule has 0 radical (unpaired) electrons. The van der Waals surface area contributed by atoms with E-state index < -0.39 is 0 Å². The molecule has 134 valence electrons. The zero-order valence-corrected chi connectivity index (χ0v) is 15.0. The van der Waals surface area contributed by atoms with Crippen molar-refractivity contribution in [1.29, 1.82) is 0 Å². The molecule has 3 aliphatic rings. The predicted molar refractivity (Wildman–Crippen MR) is 97.9 cm³/mol. The number of methoxy groups -OCH3 is 1. The van der Waals surface area contributed by atoms with Crippen molar-refractivity contribution in [2.24, 2.45) is 5.92 Å². The van der Waals surface area contributed by atoms with Gasteiger partial charge in [0, 0.05) is 5.92 Å². The highest BCUT2D eigenvalue weighted by Crippen LogP contribution is 2.51. The van der Waals surface area contributed by atoms with E-state index in [1.807, 2.05) is 0 Å². The third-order valence-electron chi connectivity index (χ3n) is 6.39. The number of hydrogen-bond acceptors (Lipinski definition) is 4. The second-order valence-electron chi connectivity index (χ2n) is 7.60. The highest BCUT2D eigenvalue weighted by atomic mass is 16.5. The number of hydrogen-bond donors (Lipinski definition) is 1. The van der Waals surface area contributed by atoms with Crippen LogP contribution in [0.3, 0.4) is 0 Å². The van der Waals surface area contributed by atoms with E-state index >= 15 is 0 Å². The lowest BCUT2D eigenvalue weighted by Crippen LogP contribution is -2.63. The van der Waals surface area contributed by atoms with Crippen LogP contribution < -0.4 is 5.32 Å². The van der Waals surface area contributed by atoms with Crippen LogP contribution in [0.2, 0.25) is 0 Å². The van der Waals surface area contributed by atoms with E-state index in [9.17, 15) is 4.79 Å². The molecular formula is C21H28N2O2. The van der Waals surface area contributed by atoms with Gasteiger partial charge in [0.05, 0.1) is 18.7 Å². The number of nitrogens with one attached hydrogen (secondary N) is 1. The van der Waals surface area contributed by atoms with Gasteiger partial charge in [-0.25, -0.2) is 4.79 Å². The maximum Gasteiger partial charge on any atom is 0.353 e. The molecule has 4 rings (SSSR count). The summed E-state index contributed by atoms with van der Waals surface area (Å²) < 4.78 is 5.03. The summed E-state index contributed by atoms with van der Waals surface area (Å²) in [5.74, 6) is 0.154. The Morgan fingerprint density at radius 1 is 1.16 bits per heavy atom. The Morgan fingerprint density at radius 3 is 2.64 bits per heavy atom. The smallest absolute Gasteiger partial charge is 0.353 e. The lowest BCUT2D eigenvalue weighted by molar-refractivity contribution is -0.137. The fourth-order valence-electron chi connectivity index (χ4n) is 5.29. The Bertz CT molecular complexity index is 651. The van der Waals surface area contributed by atoms with E-state index in [2.05, 4.69) is 46.6 Å². The van der Waals surface area contributed by atoms with E-state index in [0.717, 1.165) is 6.42 Å². The van der Waals surface area contributed by atoms with Gasteiger partial charge in [0.15, 0.2) is 0 Å². The van der Waals surface area contributed by atoms with Crippen LogP contribution in [0.5, 0.6) is 0 Å². The average Bonchev–Trinajstić information content (AvgIpc) is 3.22. The van der Waals surface area contributed by atoms with Crippen molar-refractivity contribution in [2.45, 2.75) is 50.1 Å². The molecule has 2 heterocycles. The first kappa shape index (κ1) is 16.6. The third kappa shape index (κ3) is 2.77. The van der Waals surface area contributed by atoms with Crippen LogP contribution in [0.1, 0.15) is 50.1 Å². The summed E-state index contributed by atoms with van der Waals surface area (Å²) in [6.07, 6.45) is 9.58. The Morgan fingerprint density at radius 2 is 1.92 bits per heavy atom. The summed E-state index contributed by atoms with van der Waals surface area (Å²) >= 11 is 0. The summed E-state index contributed by atoms with van der Waals surface area (Å²) in [5.41, 5.74) is 1.99. The third-order valence-corrected chi connectivity index (χ3v) is 6.39. The number of nitrogens with zero attached hydrogens (tertiary/aromatic N) is 1. The molecule has 1 saturated heterocycles. The summed E-state index contributed by atoms with van der Waals surface area (Å²) in [6.45, 7) is 2.34. The van der Waals surface area contributed by atoms with Crippen molar-refractivity contribution in [3.63, 3.8) is 0 Å². The van der Waals surface area contributed by atoms with Crippen molar-refractivity contribution in [3.8, 4) is 0 Å².